The second kappa shape index (κ2) is 7.59. The van der Waals surface area contributed by atoms with Crippen LogP contribution >= 0.6 is 0 Å². The molecule has 2 aromatic carbocycles. The summed E-state index contributed by atoms with van der Waals surface area (Å²) in [6.45, 7) is 6.34. The second-order valence-electron chi connectivity index (χ2n) is 7.93. The molecule has 0 aliphatic heterocycles. The molecule has 0 unspecified atom stereocenters. The number of nitrogens with zero attached hydrogens (tertiary/aromatic N) is 3. The predicted molar refractivity (Wildman–Crippen MR) is 119 cm³/mol. The minimum absolute atomic E-state index is 0.160. The summed E-state index contributed by atoms with van der Waals surface area (Å²) in [7, 11) is 0. The monoisotopic (exact) mass is 396 g/mol. The lowest BCUT2D eigenvalue weighted by molar-refractivity contribution is 0.0995. The predicted octanol–water partition coefficient (Wildman–Crippen LogP) is 4.67. The van der Waals surface area contributed by atoms with Gasteiger partial charge in [-0.25, -0.2) is 4.68 Å². The van der Waals surface area contributed by atoms with Gasteiger partial charge in [-0.1, -0.05) is 50.2 Å². The Balaban J connectivity index is 1.61. The maximum atomic E-state index is 11.4. The van der Waals surface area contributed by atoms with Crippen molar-refractivity contribution in [2.24, 2.45) is 5.73 Å². The average molecular weight is 396 g/mol. The Hall–Kier alpha value is -3.73. The molecule has 150 valence electrons. The van der Waals surface area contributed by atoms with Gasteiger partial charge in [-0.2, -0.15) is 5.10 Å². The summed E-state index contributed by atoms with van der Waals surface area (Å²) < 4.78 is 1.74. The van der Waals surface area contributed by atoms with Crippen LogP contribution in [0, 0.1) is 6.92 Å². The highest BCUT2D eigenvalue weighted by Crippen LogP contribution is 2.33. The standard InChI is InChI=1S/C25H24N4O/c1-17-16-23(24(26)30)28-29(17)22-10-8-21(9-11-22)25(2,3)20-6-4-18(5-7-20)19-12-14-27-15-13-19/h4-16H,1-3H3,(H2,26,30). The molecule has 2 heterocycles. The first kappa shape index (κ1) is 19.6. The summed E-state index contributed by atoms with van der Waals surface area (Å²) in [4.78, 5) is 15.5. The van der Waals surface area contributed by atoms with Gasteiger partial charge in [-0.3, -0.25) is 9.78 Å². The van der Waals surface area contributed by atoms with E-state index in [1.165, 1.54) is 16.7 Å². The topological polar surface area (TPSA) is 73.8 Å². The quantitative estimate of drug-likeness (QED) is 0.533. The second-order valence-corrected chi connectivity index (χ2v) is 7.93. The molecular formula is C25H24N4O. The summed E-state index contributed by atoms with van der Waals surface area (Å²) in [6.07, 6.45) is 3.62. The van der Waals surface area contributed by atoms with Crippen molar-refractivity contribution in [1.82, 2.24) is 14.8 Å². The summed E-state index contributed by atoms with van der Waals surface area (Å²) in [5.74, 6) is -0.523. The Labute approximate surface area is 176 Å². The van der Waals surface area contributed by atoms with E-state index in [2.05, 4.69) is 60.3 Å². The zero-order valence-electron chi connectivity index (χ0n) is 17.3. The highest BCUT2D eigenvalue weighted by molar-refractivity contribution is 5.90. The summed E-state index contributed by atoms with van der Waals surface area (Å²) >= 11 is 0. The first-order valence-corrected chi connectivity index (χ1v) is 9.84. The van der Waals surface area contributed by atoms with Crippen LogP contribution in [0.3, 0.4) is 0 Å². The molecule has 0 bridgehead atoms. The van der Waals surface area contributed by atoms with Crippen molar-refractivity contribution < 1.29 is 4.79 Å². The van der Waals surface area contributed by atoms with Gasteiger partial charge in [0.1, 0.15) is 0 Å². The van der Waals surface area contributed by atoms with E-state index in [1.54, 1.807) is 10.7 Å². The molecule has 0 saturated carbocycles. The summed E-state index contributed by atoms with van der Waals surface area (Å²) in [5, 5.41) is 4.31. The molecule has 0 fully saturated rings. The van der Waals surface area contributed by atoms with E-state index in [-0.39, 0.29) is 11.1 Å². The van der Waals surface area contributed by atoms with Gasteiger partial charge in [0.25, 0.3) is 5.91 Å². The van der Waals surface area contributed by atoms with E-state index in [4.69, 9.17) is 5.73 Å². The first-order chi connectivity index (χ1) is 14.4. The highest BCUT2D eigenvalue weighted by atomic mass is 16.1. The van der Waals surface area contributed by atoms with E-state index < -0.39 is 5.91 Å². The molecule has 0 radical (unpaired) electrons. The number of aryl methyl sites for hydroxylation is 1. The fraction of sp³-hybridized carbons (Fsp3) is 0.160. The van der Waals surface area contributed by atoms with Crippen molar-refractivity contribution >= 4 is 5.91 Å². The molecule has 5 heteroatoms. The van der Waals surface area contributed by atoms with Crippen molar-refractivity contribution in [3.05, 3.63) is 102 Å². The first-order valence-electron chi connectivity index (χ1n) is 9.84. The van der Waals surface area contributed by atoms with Crippen LogP contribution in [-0.4, -0.2) is 20.7 Å². The fourth-order valence-electron chi connectivity index (χ4n) is 3.67. The molecule has 0 spiro atoms. The number of aromatic nitrogens is 3. The zero-order valence-corrected chi connectivity index (χ0v) is 17.3. The fourth-order valence-corrected chi connectivity index (χ4v) is 3.67. The number of amides is 1. The minimum atomic E-state index is -0.523. The number of carbonyl (C=O) groups is 1. The molecule has 0 atom stereocenters. The van der Waals surface area contributed by atoms with Gasteiger partial charge in [0, 0.05) is 23.5 Å². The van der Waals surface area contributed by atoms with Crippen molar-refractivity contribution in [3.63, 3.8) is 0 Å². The number of carbonyl (C=O) groups excluding carboxylic acids is 1. The van der Waals surface area contributed by atoms with Crippen LogP contribution in [0.25, 0.3) is 16.8 Å². The Morgan fingerprint density at radius 2 is 1.40 bits per heavy atom. The molecule has 0 aliphatic rings. The van der Waals surface area contributed by atoms with Crippen molar-refractivity contribution in [3.8, 4) is 16.8 Å². The van der Waals surface area contributed by atoms with Crippen LogP contribution in [0.15, 0.2) is 79.1 Å². The third-order valence-corrected chi connectivity index (χ3v) is 5.59. The lowest BCUT2D eigenvalue weighted by atomic mass is 9.78. The van der Waals surface area contributed by atoms with Crippen LogP contribution in [0.4, 0.5) is 0 Å². The lowest BCUT2D eigenvalue weighted by Crippen LogP contribution is -2.19. The maximum absolute atomic E-state index is 11.4. The molecule has 5 nitrogen and oxygen atoms in total. The number of nitrogens with two attached hydrogens (primary N) is 1. The van der Waals surface area contributed by atoms with Crippen LogP contribution in [0.2, 0.25) is 0 Å². The van der Waals surface area contributed by atoms with Gasteiger partial charge in [-0.15, -0.1) is 0 Å². The Morgan fingerprint density at radius 3 is 1.93 bits per heavy atom. The van der Waals surface area contributed by atoms with Gasteiger partial charge < -0.3 is 5.73 Å². The van der Waals surface area contributed by atoms with Gasteiger partial charge in [-0.05, 0) is 59.5 Å². The van der Waals surface area contributed by atoms with E-state index in [1.807, 2.05) is 43.6 Å². The number of primary amides is 1. The van der Waals surface area contributed by atoms with Crippen molar-refractivity contribution in [1.29, 1.82) is 0 Å². The Bertz CT molecular complexity index is 1170. The van der Waals surface area contributed by atoms with E-state index in [0.717, 1.165) is 16.9 Å². The summed E-state index contributed by atoms with van der Waals surface area (Å²) in [6, 6.07) is 22.7. The number of benzene rings is 2. The number of pyridine rings is 1. The van der Waals surface area contributed by atoms with Crippen molar-refractivity contribution in [2.75, 3.05) is 0 Å². The lowest BCUT2D eigenvalue weighted by Gasteiger charge is -2.26. The van der Waals surface area contributed by atoms with Crippen LogP contribution in [-0.2, 0) is 5.41 Å². The molecular weight excluding hydrogens is 372 g/mol. The smallest absolute Gasteiger partial charge is 0.269 e. The third kappa shape index (κ3) is 3.62. The van der Waals surface area contributed by atoms with Gasteiger partial charge in [0.15, 0.2) is 5.69 Å². The molecule has 1 amide bonds. The molecule has 2 aromatic heterocycles. The molecule has 4 rings (SSSR count). The Morgan fingerprint density at radius 1 is 0.867 bits per heavy atom. The minimum Gasteiger partial charge on any atom is -0.364 e. The van der Waals surface area contributed by atoms with Gasteiger partial charge >= 0.3 is 0 Å². The SMILES string of the molecule is Cc1cc(C(N)=O)nn1-c1ccc(C(C)(C)c2ccc(-c3ccncc3)cc2)cc1. The number of hydrogen-bond acceptors (Lipinski definition) is 3. The number of hydrogen-bond donors (Lipinski definition) is 1. The average Bonchev–Trinajstić information content (AvgIpc) is 3.16. The third-order valence-electron chi connectivity index (χ3n) is 5.59. The van der Waals surface area contributed by atoms with Crippen LogP contribution < -0.4 is 5.73 Å². The van der Waals surface area contributed by atoms with Gasteiger partial charge in [0.05, 0.1) is 5.69 Å². The largest absolute Gasteiger partial charge is 0.364 e. The molecule has 4 aromatic rings. The van der Waals surface area contributed by atoms with E-state index in [9.17, 15) is 4.79 Å². The van der Waals surface area contributed by atoms with Crippen LogP contribution in [0.5, 0.6) is 0 Å². The molecule has 0 aliphatic carbocycles. The van der Waals surface area contributed by atoms with Crippen molar-refractivity contribution in [2.45, 2.75) is 26.2 Å². The van der Waals surface area contributed by atoms with Gasteiger partial charge in [0.2, 0.25) is 0 Å². The molecule has 30 heavy (non-hydrogen) atoms. The van der Waals surface area contributed by atoms with E-state index >= 15 is 0 Å². The molecule has 2 N–H and O–H groups in total. The summed E-state index contributed by atoms with van der Waals surface area (Å²) in [5.41, 5.74) is 12.0. The molecule has 0 saturated heterocycles. The zero-order chi connectivity index (χ0) is 21.3. The van der Waals surface area contributed by atoms with E-state index in [0.29, 0.717) is 0 Å². The Kier molecular flexibility index (Phi) is 4.96. The maximum Gasteiger partial charge on any atom is 0.269 e. The van der Waals surface area contributed by atoms with Crippen LogP contribution in [0.1, 0.15) is 41.2 Å². The normalized spacial score (nSPS) is 11.4. The number of rotatable bonds is 5. The highest BCUT2D eigenvalue weighted by Gasteiger charge is 2.23.